The van der Waals surface area contributed by atoms with Crippen molar-refractivity contribution in [1.82, 2.24) is 20.1 Å². The monoisotopic (exact) mass is 368 g/mol. The number of piperidine rings is 1. The third-order valence-corrected chi connectivity index (χ3v) is 5.07. The van der Waals surface area contributed by atoms with Gasteiger partial charge in [0, 0.05) is 30.1 Å². The Hall–Kier alpha value is -2.74. The second-order valence-electron chi connectivity index (χ2n) is 7.24. The number of rotatable bonds is 5. The smallest absolute Gasteiger partial charge is 0.258 e. The first-order valence-electron chi connectivity index (χ1n) is 9.44. The van der Waals surface area contributed by atoms with Gasteiger partial charge in [-0.3, -0.25) is 14.9 Å². The highest BCUT2D eigenvalue weighted by Gasteiger charge is 2.29. The molecule has 1 aromatic carbocycles. The molecular weight excluding hydrogens is 344 g/mol. The summed E-state index contributed by atoms with van der Waals surface area (Å²) < 4.78 is 1.61. The van der Waals surface area contributed by atoms with E-state index >= 15 is 0 Å². The summed E-state index contributed by atoms with van der Waals surface area (Å²) in [4.78, 5) is 28.8. The summed E-state index contributed by atoms with van der Waals surface area (Å²) in [7, 11) is 1.78. The molecule has 1 aliphatic heterocycles. The largest absolute Gasteiger partial charge is 0.326 e. The Balaban J connectivity index is 1.39. The van der Waals surface area contributed by atoms with Crippen LogP contribution in [0.15, 0.2) is 24.3 Å². The maximum atomic E-state index is 12.5. The summed E-state index contributed by atoms with van der Waals surface area (Å²) in [6.45, 7) is 1.93. The van der Waals surface area contributed by atoms with Gasteiger partial charge in [0.15, 0.2) is 5.82 Å². The van der Waals surface area contributed by atoms with Crippen molar-refractivity contribution in [3.63, 3.8) is 0 Å². The van der Waals surface area contributed by atoms with Gasteiger partial charge in [0.05, 0.1) is 0 Å². The lowest BCUT2D eigenvalue weighted by Crippen LogP contribution is -2.27. The highest BCUT2D eigenvalue weighted by Crippen LogP contribution is 2.30. The van der Waals surface area contributed by atoms with Gasteiger partial charge in [-0.25, -0.2) is 4.68 Å². The van der Waals surface area contributed by atoms with E-state index in [1.54, 1.807) is 36.0 Å². The Labute approximate surface area is 157 Å². The van der Waals surface area contributed by atoms with Gasteiger partial charge in [0.25, 0.3) is 5.91 Å². The van der Waals surface area contributed by atoms with Gasteiger partial charge in [0.1, 0.15) is 0 Å². The number of nitrogens with zero attached hydrogens (tertiary/aromatic N) is 3. The Morgan fingerprint density at radius 1 is 1.07 bits per heavy atom. The lowest BCUT2D eigenvalue weighted by Gasteiger charge is -2.19. The van der Waals surface area contributed by atoms with Crippen LogP contribution in [0, 0.1) is 5.92 Å². The number of aromatic nitrogens is 3. The maximum Gasteiger partial charge on any atom is 0.258 e. The number of carbonyl (C=O) groups is 2. The summed E-state index contributed by atoms with van der Waals surface area (Å²) in [6.07, 6.45) is 3.93. The second kappa shape index (κ2) is 7.48. The Morgan fingerprint density at radius 2 is 1.78 bits per heavy atom. The normalized spacial score (nSPS) is 17.5. The van der Waals surface area contributed by atoms with Crippen LogP contribution in [0.25, 0.3) is 0 Å². The molecule has 0 unspecified atom stereocenters. The van der Waals surface area contributed by atoms with Crippen LogP contribution in [-0.2, 0) is 11.8 Å². The molecule has 2 amide bonds. The first-order chi connectivity index (χ1) is 13.1. The zero-order valence-electron chi connectivity index (χ0n) is 15.4. The molecule has 2 aromatic rings. The number of amides is 2. The molecule has 3 N–H and O–H groups in total. The van der Waals surface area contributed by atoms with Gasteiger partial charge < -0.3 is 10.6 Å². The average Bonchev–Trinajstić information content (AvgIpc) is 3.48. The Kier molecular flexibility index (Phi) is 4.89. The number of benzene rings is 1. The third kappa shape index (κ3) is 4.16. The minimum Gasteiger partial charge on any atom is -0.326 e. The van der Waals surface area contributed by atoms with Crippen molar-refractivity contribution in [2.24, 2.45) is 13.0 Å². The molecule has 8 nitrogen and oxygen atoms in total. The molecule has 1 aliphatic carbocycles. The predicted octanol–water partition coefficient (Wildman–Crippen LogP) is 1.88. The summed E-state index contributed by atoms with van der Waals surface area (Å²) in [5, 5.41) is 13.5. The quantitative estimate of drug-likeness (QED) is 0.748. The van der Waals surface area contributed by atoms with Gasteiger partial charge in [-0.05, 0) is 63.0 Å². The van der Waals surface area contributed by atoms with Gasteiger partial charge >= 0.3 is 0 Å². The lowest BCUT2D eigenvalue weighted by atomic mass is 9.98. The minimum absolute atomic E-state index is 0.0525. The molecule has 142 valence electrons. The topological polar surface area (TPSA) is 101 Å². The standard InChI is InChI=1S/C19H24N6O2/c1-25-19(22-16(24-25)12-8-10-20-11-9-12)23-18(27)14-4-6-15(7-5-14)21-17(26)13-2-3-13/h4-7,12-13,20H,2-3,8-11H2,1H3,(H,21,26)(H,22,23,24,27). The van der Waals surface area contributed by atoms with E-state index in [4.69, 9.17) is 0 Å². The molecule has 2 fully saturated rings. The van der Waals surface area contributed by atoms with Crippen LogP contribution in [0.2, 0.25) is 0 Å². The van der Waals surface area contributed by atoms with E-state index in [0.29, 0.717) is 23.1 Å². The predicted molar refractivity (Wildman–Crippen MR) is 102 cm³/mol. The molecule has 2 aliphatic rings. The van der Waals surface area contributed by atoms with Crippen molar-refractivity contribution in [2.75, 3.05) is 23.7 Å². The van der Waals surface area contributed by atoms with Crippen LogP contribution >= 0.6 is 0 Å². The summed E-state index contributed by atoms with van der Waals surface area (Å²) in [6, 6.07) is 6.88. The van der Waals surface area contributed by atoms with E-state index in [2.05, 4.69) is 26.0 Å². The molecule has 0 bridgehead atoms. The molecular formula is C19H24N6O2. The van der Waals surface area contributed by atoms with Crippen molar-refractivity contribution in [3.05, 3.63) is 35.7 Å². The molecule has 1 saturated heterocycles. The molecule has 8 heteroatoms. The molecule has 27 heavy (non-hydrogen) atoms. The Morgan fingerprint density at radius 3 is 2.44 bits per heavy atom. The van der Waals surface area contributed by atoms with E-state index < -0.39 is 0 Å². The zero-order valence-corrected chi connectivity index (χ0v) is 15.4. The van der Waals surface area contributed by atoms with Crippen LogP contribution in [0.1, 0.15) is 47.8 Å². The van der Waals surface area contributed by atoms with Crippen LogP contribution in [0.4, 0.5) is 11.6 Å². The first-order valence-corrected chi connectivity index (χ1v) is 9.44. The third-order valence-electron chi connectivity index (χ3n) is 5.07. The lowest BCUT2D eigenvalue weighted by molar-refractivity contribution is -0.117. The fourth-order valence-electron chi connectivity index (χ4n) is 3.23. The molecule has 1 saturated carbocycles. The fraction of sp³-hybridized carbons (Fsp3) is 0.474. The molecule has 0 spiro atoms. The van der Waals surface area contributed by atoms with E-state index in [-0.39, 0.29) is 17.7 Å². The summed E-state index contributed by atoms with van der Waals surface area (Å²) in [5.41, 5.74) is 1.21. The average molecular weight is 368 g/mol. The van der Waals surface area contributed by atoms with E-state index in [1.165, 1.54) is 0 Å². The Bertz CT molecular complexity index is 834. The molecule has 0 atom stereocenters. The highest BCUT2D eigenvalue weighted by molar-refractivity contribution is 6.04. The van der Waals surface area contributed by atoms with Gasteiger partial charge in [-0.15, -0.1) is 0 Å². The SMILES string of the molecule is Cn1nc(C2CCNCC2)nc1NC(=O)c1ccc(NC(=O)C2CC2)cc1. The van der Waals surface area contributed by atoms with Crippen molar-refractivity contribution >= 4 is 23.5 Å². The first kappa shape index (κ1) is 17.7. The number of anilines is 2. The highest BCUT2D eigenvalue weighted by atomic mass is 16.2. The minimum atomic E-state index is -0.248. The number of nitrogens with one attached hydrogen (secondary N) is 3. The number of hydrogen-bond donors (Lipinski definition) is 3. The van der Waals surface area contributed by atoms with Gasteiger partial charge in [-0.1, -0.05) is 0 Å². The van der Waals surface area contributed by atoms with E-state index in [1.807, 2.05) is 0 Å². The fourth-order valence-corrected chi connectivity index (χ4v) is 3.23. The summed E-state index contributed by atoms with van der Waals surface area (Å²) in [5.74, 6) is 1.52. The molecule has 4 rings (SSSR count). The van der Waals surface area contributed by atoms with Crippen molar-refractivity contribution in [1.29, 1.82) is 0 Å². The van der Waals surface area contributed by atoms with Crippen LogP contribution in [0.5, 0.6) is 0 Å². The molecule has 0 radical (unpaired) electrons. The van der Waals surface area contributed by atoms with Crippen molar-refractivity contribution < 1.29 is 9.59 Å². The zero-order chi connectivity index (χ0) is 18.8. The van der Waals surface area contributed by atoms with Crippen LogP contribution in [-0.4, -0.2) is 39.7 Å². The van der Waals surface area contributed by atoms with Gasteiger partial charge in [-0.2, -0.15) is 10.1 Å². The van der Waals surface area contributed by atoms with Crippen LogP contribution < -0.4 is 16.0 Å². The maximum absolute atomic E-state index is 12.5. The number of carbonyl (C=O) groups excluding carboxylic acids is 2. The van der Waals surface area contributed by atoms with Crippen LogP contribution in [0.3, 0.4) is 0 Å². The van der Waals surface area contributed by atoms with Crippen molar-refractivity contribution in [3.8, 4) is 0 Å². The van der Waals surface area contributed by atoms with Gasteiger partial charge in [0.2, 0.25) is 11.9 Å². The summed E-state index contributed by atoms with van der Waals surface area (Å²) >= 11 is 0. The number of aryl methyl sites for hydroxylation is 1. The van der Waals surface area contributed by atoms with E-state index in [0.717, 1.165) is 44.6 Å². The molecule has 1 aromatic heterocycles. The second-order valence-corrected chi connectivity index (χ2v) is 7.24. The van der Waals surface area contributed by atoms with E-state index in [9.17, 15) is 9.59 Å². The number of hydrogen-bond acceptors (Lipinski definition) is 5. The molecule has 2 heterocycles. The van der Waals surface area contributed by atoms with Crippen molar-refractivity contribution in [2.45, 2.75) is 31.6 Å².